The Bertz CT molecular complexity index is 374. The first-order valence-electron chi connectivity index (χ1n) is 3.92. The van der Waals surface area contributed by atoms with E-state index in [1.807, 2.05) is 0 Å². The molecule has 0 unspecified atom stereocenters. The number of rotatable bonds is 2. The molecular formula is C7H9ClN4O4S. The summed E-state index contributed by atoms with van der Waals surface area (Å²) in [6, 6.07) is 3.56. The van der Waals surface area contributed by atoms with Gasteiger partial charge in [0.1, 0.15) is 0 Å². The summed E-state index contributed by atoms with van der Waals surface area (Å²) in [4.78, 5) is 0. The van der Waals surface area contributed by atoms with Gasteiger partial charge in [0, 0.05) is 17.8 Å². The van der Waals surface area contributed by atoms with Crippen LogP contribution in [0.5, 0.6) is 0 Å². The normalized spacial score (nSPS) is 9.88. The van der Waals surface area contributed by atoms with Gasteiger partial charge < -0.3 is 11.1 Å². The van der Waals surface area contributed by atoms with Gasteiger partial charge in [0.05, 0.1) is 12.4 Å². The number of hydrogen-bond acceptors (Lipinski definition) is 6. The minimum atomic E-state index is -4.94. The van der Waals surface area contributed by atoms with Crippen LogP contribution in [0.25, 0.3) is 0 Å². The van der Waals surface area contributed by atoms with Gasteiger partial charge in [-0.2, -0.15) is 0 Å². The SMILES string of the molecule is N=C[n+]1ccc(NC(N)=S)cc1.[O-][Cl+3]([O-])([O-])[O-]. The van der Waals surface area contributed by atoms with E-state index in [-0.39, 0.29) is 5.11 Å². The Balaban J connectivity index is 0.000000437. The molecule has 0 amide bonds. The van der Waals surface area contributed by atoms with E-state index < -0.39 is 10.2 Å². The second-order valence-electron chi connectivity index (χ2n) is 2.53. The van der Waals surface area contributed by atoms with Crippen LogP contribution in [0.4, 0.5) is 5.69 Å². The van der Waals surface area contributed by atoms with Crippen LogP contribution in [0.15, 0.2) is 24.5 Å². The molecule has 1 aromatic rings. The van der Waals surface area contributed by atoms with E-state index in [0.29, 0.717) is 0 Å². The number of pyridine rings is 1. The second-order valence-corrected chi connectivity index (χ2v) is 3.73. The van der Waals surface area contributed by atoms with Gasteiger partial charge in [-0.25, -0.2) is 23.2 Å². The van der Waals surface area contributed by atoms with Gasteiger partial charge in [-0.15, -0.1) is 15.7 Å². The lowest BCUT2D eigenvalue weighted by atomic mass is 10.4. The van der Waals surface area contributed by atoms with Crippen molar-refractivity contribution in [1.82, 2.24) is 0 Å². The largest absolute Gasteiger partial charge is 0.376 e. The Morgan fingerprint density at radius 3 is 2.06 bits per heavy atom. The number of aromatic nitrogens is 1. The average molecular weight is 281 g/mol. The van der Waals surface area contributed by atoms with Crippen molar-refractivity contribution in [3.63, 3.8) is 0 Å². The number of anilines is 1. The second kappa shape index (κ2) is 7.06. The molecule has 1 heterocycles. The highest BCUT2D eigenvalue weighted by molar-refractivity contribution is 7.80. The molecule has 0 saturated heterocycles. The Labute approximate surface area is 104 Å². The van der Waals surface area contributed by atoms with Gasteiger partial charge in [0.15, 0.2) is 5.11 Å². The van der Waals surface area contributed by atoms with Crippen LogP contribution in [0.2, 0.25) is 0 Å². The zero-order chi connectivity index (χ0) is 13.5. The minimum absolute atomic E-state index is 0.239. The van der Waals surface area contributed by atoms with Crippen LogP contribution in [0, 0.1) is 15.7 Å². The van der Waals surface area contributed by atoms with E-state index >= 15 is 0 Å². The van der Waals surface area contributed by atoms with Gasteiger partial charge in [-0.05, 0) is 12.2 Å². The first kappa shape index (κ1) is 15.6. The molecule has 0 spiro atoms. The molecule has 0 atom stereocenters. The zero-order valence-corrected chi connectivity index (χ0v) is 9.90. The quantitative estimate of drug-likeness (QED) is 0.212. The van der Waals surface area contributed by atoms with Gasteiger partial charge in [-0.1, -0.05) is 0 Å². The van der Waals surface area contributed by atoms with Crippen molar-refractivity contribution in [1.29, 1.82) is 5.41 Å². The van der Waals surface area contributed by atoms with Crippen molar-refractivity contribution < 1.29 is 33.4 Å². The van der Waals surface area contributed by atoms with Gasteiger partial charge in [0.25, 0.3) is 6.34 Å². The Hall–Kier alpha value is -1.36. The molecule has 17 heavy (non-hydrogen) atoms. The number of hydrogen-bond donors (Lipinski definition) is 3. The van der Waals surface area contributed by atoms with E-state index in [1.54, 1.807) is 29.1 Å². The number of halogens is 1. The van der Waals surface area contributed by atoms with E-state index in [2.05, 4.69) is 17.5 Å². The molecule has 94 valence electrons. The van der Waals surface area contributed by atoms with Crippen molar-refractivity contribution in [3.05, 3.63) is 24.5 Å². The molecule has 0 bridgehead atoms. The lowest BCUT2D eigenvalue weighted by Gasteiger charge is -2.17. The Morgan fingerprint density at radius 2 is 1.76 bits per heavy atom. The topological polar surface area (TPSA) is 158 Å². The fourth-order valence-electron chi connectivity index (χ4n) is 0.750. The molecule has 0 saturated carbocycles. The molecular weight excluding hydrogens is 272 g/mol. The fraction of sp³-hybridized carbons (Fsp3) is 0. The van der Waals surface area contributed by atoms with E-state index in [4.69, 9.17) is 29.8 Å². The maximum Gasteiger partial charge on any atom is 0.281 e. The minimum Gasteiger partial charge on any atom is -0.376 e. The first-order chi connectivity index (χ1) is 7.72. The molecule has 0 aliphatic heterocycles. The lowest BCUT2D eigenvalue weighted by molar-refractivity contribution is -2.00. The van der Waals surface area contributed by atoms with Crippen molar-refractivity contribution in [3.8, 4) is 0 Å². The van der Waals surface area contributed by atoms with Crippen LogP contribution >= 0.6 is 12.2 Å². The molecule has 10 heteroatoms. The predicted molar refractivity (Wildman–Crippen MR) is 51.2 cm³/mol. The fourth-order valence-corrected chi connectivity index (χ4v) is 0.867. The van der Waals surface area contributed by atoms with Crippen molar-refractivity contribution in [2.45, 2.75) is 0 Å². The molecule has 0 aliphatic carbocycles. The standard InChI is InChI=1S/C7H8N4S.ClHO4/c8-5-11-3-1-6(2-4-11)10-7(9)12;2-1(3,4)5/h1-5,8H,(H2,9,12);(H,2,3,4,5). The summed E-state index contributed by atoms with van der Waals surface area (Å²) >= 11 is 4.65. The zero-order valence-electron chi connectivity index (χ0n) is 8.33. The van der Waals surface area contributed by atoms with Crippen LogP contribution in [0.3, 0.4) is 0 Å². The van der Waals surface area contributed by atoms with Crippen molar-refractivity contribution in [2.75, 3.05) is 5.32 Å². The summed E-state index contributed by atoms with van der Waals surface area (Å²) < 4.78 is 35.6. The van der Waals surface area contributed by atoms with E-state index in [1.165, 1.54) is 6.34 Å². The van der Waals surface area contributed by atoms with E-state index in [9.17, 15) is 0 Å². The van der Waals surface area contributed by atoms with Crippen LogP contribution in [-0.4, -0.2) is 11.5 Å². The average Bonchev–Trinajstić information content (AvgIpc) is 2.15. The third kappa shape index (κ3) is 10.9. The molecule has 0 fully saturated rings. The van der Waals surface area contributed by atoms with E-state index in [0.717, 1.165) is 5.69 Å². The molecule has 0 aromatic carbocycles. The van der Waals surface area contributed by atoms with Crippen molar-refractivity contribution >= 4 is 29.4 Å². The highest BCUT2D eigenvalue weighted by Gasteiger charge is 1.94. The highest BCUT2D eigenvalue weighted by atomic mass is 35.7. The summed E-state index contributed by atoms with van der Waals surface area (Å²) in [5.41, 5.74) is 6.08. The van der Waals surface area contributed by atoms with Crippen LogP contribution < -0.4 is 34.3 Å². The lowest BCUT2D eigenvalue weighted by Crippen LogP contribution is -2.68. The smallest absolute Gasteiger partial charge is 0.281 e. The molecule has 8 nitrogen and oxygen atoms in total. The summed E-state index contributed by atoms with van der Waals surface area (Å²) in [5.74, 6) is 0. The highest BCUT2D eigenvalue weighted by Crippen LogP contribution is 2.00. The maximum atomic E-state index is 8.49. The summed E-state index contributed by atoms with van der Waals surface area (Å²) in [5, 5.41) is 9.94. The number of nitrogens with zero attached hydrogens (tertiary/aromatic N) is 1. The summed E-state index contributed by atoms with van der Waals surface area (Å²) in [7, 11) is -4.94. The number of nitrogens with one attached hydrogen (secondary N) is 2. The maximum absolute atomic E-state index is 8.49. The van der Waals surface area contributed by atoms with Crippen LogP contribution in [-0.2, 0) is 0 Å². The van der Waals surface area contributed by atoms with Gasteiger partial charge in [-0.3, -0.25) is 0 Å². The molecule has 0 radical (unpaired) electrons. The molecule has 1 aromatic heterocycles. The third-order valence-corrected chi connectivity index (χ3v) is 1.37. The summed E-state index contributed by atoms with van der Waals surface area (Å²) in [6.07, 6.45) is 4.66. The number of thiocarbonyl (C=S) groups is 1. The third-order valence-electron chi connectivity index (χ3n) is 1.27. The first-order valence-corrected chi connectivity index (χ1v) is 5.56. The molecule has 1 rings (SSSR count). The number of nitrogens with two attached hydrogens (primary N) is 1. The molecule has 4 N–H and O–H groups in total. The van der Waals surface area contributed by atoms with Crippen LogP contribution in [0.1, 0.15) is 0 Å². The Kier molecular flexibility index (Phi) is 6.50. The Morgan fingerprint density at radius 1 is 1.35 bits per heavy atom. The summed E-state index contributed by atoms with van der Waals surface area (Å²) in [6.45, 7) is 0. The monoisotopic (exact) mass is 280 g/mol. The molecule has 0 aliphatic rings. The predicted octanol–water partition coefficient (Wildman–Crippen LogP) is -4.67. The van der Waals surface area contributed by atoms with Crippen molar-refractivity contribution in [2.24, 2.45) is 5.73 Å². The van der Waals surface area contributed by atoms with Gasteiger partial charge >= 0.3 is 0 Å². The van der Waals surface area contributed by atoms with Gasteiger partial charge in [0.2, 0.25) is 0 Å².